The maximum atomic E-state index is 12.3. The van der Waals surface area contributed by atoms with Crippen molar-refractivity contribution in [3.63, 3.8) is 0 Å². The van der Waals surface area contributed by atoms with E-state index < -0.39 is 26.4 Å². The molecule has 0 aliphatic rings. The van der Waals surface area contributed by atoms with Gasteiger partial charge in [-0.05, 0) is 24.5 Å². The quantitative estimate of drug-likeness (QED) is 0.639. The van der Waals surface area contributed by atoms with Crippen molar-refractivity contribution in [1.29, 1.82) is 0 Å². The molecule has 1 aromatic rings. The Bertz CT molecular complexity index is 598. The lowest BCUT2D eigenvalue weighted by Gasteiger charge is -2.18. The number of benzene rings is 1. The van der Waals surface area contributed by atoms with Crippen molar-refractivity contribution in [3.8, 4) is 5.75 Å². The van der Waals surface area contributed by atoms with E-state index in [1.165, 1.54) is 7.05 Å². The number of phenols is 1. The highest BCUT2D eigenvalue weighted by atomic mass is 32.2. The van der Waals surface area contributed by atoms with Gasteiger partial charge in [-0.1, -0.05) is 13.8 Å². The van der Waals surface area contributed by atoms with Gasteiger partial charge in [-0.3, -0.25) is 10.1 Å². The number of nitro groups is 1. The third-order valence-electron chi connectivity index (χ3n) is 2.87. The van der Waals surface area contributed by atoms with Crippen LogP contribution in [0, 0.1) is 16.0 Å². The fourth-order valence-corrected chi connectivity index (χ4v) is 2.76. The third kappa shape index (κ3) is 3.67. The normalized spacial score (nSPS) is 12.1. The molecule has 7 nitrogen and oxygen atoms in total. The Balaban J connectivity index is 3.09. The maximum Gasteiger partial charge on any atom is 0.312 e. The summed E-state index contributed by atoms with van der Waals surface area (Å²) in [5.41, 5.74) is -0.622. The number of hydrogen-bond acceptors (Lipinski definition) is 5. The smallest absolute Gasteiger partial charge is 0.312 e. The van der Waals surface area contributed by atoms with Gasteiger partial charge in [-0.2, -0.15) is 0 Å². The lowest BCUT2D eigenvalue weighted by Crippen LogP contribution is -2.28. The molecule has 0 saturated carbocycles. The van der Waals surface area contributed by atoms with E-state index >= 15 is 0 Å². The third-order valence-corrected chi connectivity index (χ3v) is 4.73. The van der Waals surface area contributed by atoms with Crippen LogP contribution in [-0.2, 0) is 10.0 Å². The molecule has 0 aliphatic heterocycles. The number of aromatic hydroxyl groups is 1. The lowest BCUT2D eigenvalue weighted by molar-refractivity contribution is -0.386. The van der Waals surface area contributed by atoms with Crippen LogP contribution in [0.2, 0.25) is 0 Å². The van der Waals surface area contributed by atoms with Crippen molar-refractivity contribution in [2.24, 2.45) is 5.92 Å². The Kier molecular flexibility index (Phi) is 5.07. The summed E-state index contributed by atoms with van der Waals surface area (Å²) >= 11 is 0. The molecule has 0 fully saturated rings. The summed E-state index contributed by atoms with van der Waals surface area (Å²) in [6.07, 6.45) is 0.690. The van der Waals surface area contributed by atoms with Crippen molar-refractivity contribution in [2.45, 2.75) is 25.2 Å². The highest BCUT2D eigenvalue weighted by Gasteiger charge is 2.24. The average Bonchev–Trinajstić information content (AvgIpc) is 2.35. The second-order valence-corrected chi connectivity index (χ2v) is 6.96. The van der Waals surface area contributed by atoms with E-state index in [1.807, 2.05) is 13.8 Å². The Morgan fingerprint density at radius 3 is 2.50 bits per heavy atom. The first-order valence-corrected chi connectivity index (χ1v) is 7.54. The highest BCUT2D eigenvalue weighted by Crippen LogP contribution is 2.29. The number of phenolic OH excluding ortho intramolecular Hbond substituents is 1. The van der Waals surface area contributed by atoms with Crippen LogP contribution in [0.4, 0.5) is 5.69 Å². The Morgan fingerprint density at radius 2 is 2.00 bits per heavy atom. The molecule has 0 bridgehead atoms. The Morgan fingerprint density at radius 1 is 1.40 bits per heavy atom. The van der Waals surface area contributed by atoms with Crippen molar-refractivity contribution in [1.82, 2.24) is 4.31 Å². The number of nitro benzene ring substituents is 1. The highest BCUT2D eigenvalue weighted by molar-refractivity contribution is 7.89. The fourth-order valence-electron chi connectivity index (χ4n) is 1.55. The number of nitrogens with zero attached hydrogens (tertiary/aromatic N) is 2. The summed E-state index contributed by atoms with van der Waals surface area (Å²) < 4.78 is 25.7. The molecule has 0 radical (unpaired) electrons. The predicted molar refractivity (Wildman–Crippen MR) is 74.0 cm³/mol. The van der Waals surface area contributed by atoms with E-state index in [-0.39, 0.29) is 4.90 Å². The average molecular weight is 302 g/mol. The van der Waals surface area contributed by atoms with Gasteiger partial charge in [0.2, 0.25) is 10.0 Å². The van der Waals surface area contributed by atoms with E-state index in [4.69, 9.17) is 0 Å². The Hall–Kier alpha value is -1.67. The van der Waals surface area contributed by atoms with Gasteiger partial charge in [-0.15, -0.1) is 0 Å². The molecule has 0 saturated heterocycles. The number of rotatable bonds is 6. The topological polar surface area (TPSA) is 101 Å². The zero-order valence-corrected chi connectivity index (χ0v) is 12.4. The largest absolute Gasteiger partial charge is 0.502 e. The first-order valence-electron chi connectivity index (χ1n) is 6.10. The van der Waals surface area contributed by atoms with Crippen molar-refractivity contribution >= 4 is 15.7 Å². The summed E-state index contributed by atoms with van der Waals surface area (Å²) in [5, 5.41) is 20.1. The number of sulfonamides is 1. The van der Waals surface area contributed by atoms with Gasteiger partial charge in [0, 0.05) is 19.7 Å². The van der Waals surface area contributed by atoms with E-state index in [0.717, 1.165) is 22.5 Å². The van der Waals surface area contributed by atoms with E-state index in [2.05, 4.69) is 0 Å². The summed E-state index contributed by atoms with van der Waals surface area (Å²) in [7, 11) is -2.36. The first-order chi connectivity index (χ1) is 9.16. The molecule has 0 heterocycles. The molecule has 1 aromatic carbocycles. The molecule has 20 heavy (non-hydrogen) atoms. The van der Waals surface area contributed by atoms with Crippen LogP contribution in [0.25, 0.3) is 0 Å². The molecule has 8 heteroatoms. The van der Waals surface area contributed by atoms with E-state index in [0.29, 0.717) is 18.9 Å². The van der Waals surface area contributed by atoms with Crippen molar-refractivity contribution < 1.29 is 18.4 Å². The molecule has 1 rings (SSSR count). The van der Waals surface area contributed by atoms with Crippen LogP contribution in [-0.4, -0.2) is 36.3 Å². The maximum absolute atomic E-state index is 12.3. The van der Waals surface area contributed by atoms with Gasteiger partial charge in [0.05, 0.1) is 9.82 Å². The first kappa shape index (κ1) is 16.4. The minimum atomic E-state index is -3.79. The van der Waals surface area contributed by atoms with Gasteiger partial charge in [0.1, 0.15) is 0 Å². The monoisotopic (exact) mass is 302 g/mol. The van der Waals surface area contributed by atoms with Gasteiger partial charge < -0.3 is 5.11 Å². The van der Waals surface area contributed by atoms with Crippen LogP contribution in [0.1, 0.15) is 20.3 Å². The van der Waals surface area contributed by atoms with Crippen LogP contribution < -0.4 is 0 Å². The number of hydrogen-bond donors (Lipinski definition) is 1. The van der Waals surface area contributed by atoms with E-state index in [9.17, 15) is 23.6 Å². The summed E-state index contributed by atoms with van der Waals surface area (Å²) in [5.74, 6) is -0.208. The molecule has 112 valence electrons. The second-order valence-electron chi connectivity index (χ2n) is 4.92. The molecule has 0 unspecified atom stereocenters. The van der Waals surface area contributed by atoms with Crippen molar-refractivity contribution in [2.75, 3.05) is 13.6 Å². The molecular formula is C12H18N2O5S. The molecule has 0 aromatic heterocycles. The SMILES string of the molecule is CC(C)CCN(C)S(=O)(=O)c1ccc(O)c([N+](=O)[O-])c1. The zero-order chi connectivity index (χ0) is 15.5. The van der Waals surface area contributed by atoms with Crippen LogP contribution in [0.5, 0.6) is 5.75 Å². The lowest BCUT2D eigenvalue weighted by atomic mass is 10.1. The predicted octanol–water partition coefficient (Wildman–Crippen LogP) is 1.97. The van der Waals surface area contributed by atoms with Gasteiger partial charge in [-0.25, -0.2) is 12.7 Å². The zero-order valence-electron chi connectivity index (χ0n) is 11.6. The summed E-state index contributed by atoms with van der Waals surface area (Å²) in [6.45, 7) is 4.28. The molecule has 0 atom stereocenters. The van der Waals surface area contributed by atoms with Gasteiger partial charge >= 0.3 is 5.69 Å². The van der Waals surface area contributed by atoms with Crippen LogP contribution in [0.15, 0.2) is 23.1 Å². The van der Waals surface area contributed by atoms with Crippen molar-refractivity contribution in [3.05, 3.63) is 28.3 Å². The van der Waals surface area contributed by atoms with E-state index in [1.54, 1.807) is 0 Å². The second kappa shape index (κ2) is 6.19. The standard InChI is InChI=1S/C12H18N2O5S/c1-9(2)6-7-13(3)20(18,19)10-4-5-12(15)11(8-10)14(16)17/h4-5,8-9,15H,6-7H2,1-3H3. The molecule has 0 spiro atoms. The molecule has 0 aliphatic carbocycles. The minimum Gasteiger partial charge on any atom is -0.502 e. The minimum absolute atomic E-state index is 0.201. The molecular weight excluding hydrogens is 284 g/mol. The Labute approximate surface area is 118 Å². The summed E-state index contributed by atoms with van der Waals surface area (Å²) in [4.78, 5) is 9.71. The van der Waals surface area contributed by atoms with Gasteiger partial charge in [0.25, 0.3) is 0 Å². The molecule has 0 amide bonds. The van der Waals surface area contributed by atoms with Crippen LogP contribution in [0.3, 0.4) is 0 Å². The fraction of sp³-hybridized carbons (Fsp3) is 0.500. The van der Waals surface area contributed by atoms with Crippen LogP contribution >= 0.6 is 0 Å². The summed E-state index contributed by atoms with van der Waals surface area (Å²) in [6, 6.07) is 3.04. The molecule has 1 N–H and O–H groups in total. The van der Waals surface area contributed by atoms with Gasteiger partial charge in [0.15, 0.2) is 5.75 Å².